The van der Waals surface area contributed by atoms with Crippen molar-refractivity contribution >= 4 is 29.4 Å². The number of ketones is 1. The van der Waals surface area contributed by atoms with Gasteiger partial charge in [0.15, 0.2) is 5.78 Å². The molecule has 0 aliphatic heterocycles. The molecule has 254 valence electrons. The minimum absolute atomic E-state index is 0. The predicted molar refractivity (Wildman–Crippen MR) is 168 cm³/mol. The van der Waals surface area contributed by atoms with Crippen LogP contribution in [0.25, 0.3) is 0 Å². The Morgan fingerprint density at radius 2 is 1.09 bits per heavy atom. The van der Waals surface area contributed by atoms with Gasteiger partial charge in [0.25, 0.3) is 0 Å². The summed E-state index contributed by atoms with van der Waals surface area (Å²) < 4.78 is 31.3. The second-order valence-corrected chi connectivity index (χ2v) is 9.28. The minimum Gasteiger partial charge on any atom is -0.382 e. The van der Waals surface area contributed by atoms with Crippen LogP contribution in [0.5, 0.6) is 0 Å². The molecule has 0 aromatic rings. The molecule has 2 radical (unpaired) electrons. The van der Waals surface area contributed by atoms with Crippen molar-refractivity contribution in [2.45, 2.75) is 73.3 Å². The third-order valence-electron chi connectivity index (χ3n) is 4.87. The van der Waals surface area contributed by atoms with E-state index >= 15 is 0 Å². The number of hydrogen-bond donors (Lipinski definition) is 2. The van der Waals surface area contributed by atoms with Crippen LogP contribution in [0.3, 0.4) is 0 Å². The van der Waals surface area contributed by atoms with E-state index in [1.54, 1.807) is 14.2 Å². The van der Waals surface area contributed by atoms with E-state index in [4.69, 9.17) is 28.4 Å². The molecule has 0 heterocycles. The van der Waals surface area contributed by atoms with Gasteiger partial charge in [-0.1, -0.05) is 28.7 Å². The van der Waals surface area contributed by atoms with E-state index in [0.717, 1.165) is 26.1 Å². The van der Waals surface area contributed by atoms with Crippen LogP contribution in [0, 0.1) is 0 Å². The number of Topliss-reactive ketones (excluding diaryl/α,β-unsaturated/α-hetero) is 1. The Morgan fingerprint density at radius 1 is 0.651 bits per heavy atom. The molecule has 11 nitrogen and oxygen atoms in total. The summed E-state index contributed by atoms with van der Waals surface area (Å²) in [5, 5.41) is 5.33. The van der Waals surface area contributed by atoms with Crippen molar-refractivity contribution < 1.29 is 108 Å². The van der Waals surface area contributed by atoms with E-state index < -0.39 is 6.04 Å². The molecule has 0 bridgehead atoms. The van der Waals surface area contributed by atoms with E-state index in [2.05, 4.69) is 17.6 Å². The average Bonchev–Trinajstić information content (AvgIpc) is 2.93. The normalized spacial score (nSPS) is 10.3. The van der Waals surface area contributed by atoms with Gasteiger partial charge in [-0.25, -0.2) is 0 Å². The molecule has 0 aromatic carbocycles. The van der Waals surface area contributed by atoms with Gasteiger partial charge in [-0.05, 0) is 25.5 Å². The molecule has 1 unspecified atom stereocenters. The maximum absolute atomic E-state index is 12.3. The topological polar surface area (TPSA) is 131 Å². The van der Waals surface area contributed by atoms with Gasteiger partial charge in [0.05, 0.1) is 58.9 Å². The zero-order valence-electron chi connectivity index (χ0n) is 26.0. The molecule has 0 aromatic heterocycles. The standard InChI is InChI=1S/C18H35NO6S.C9H19NO3.2CH4.2Y/c1-4-8-23-13-14-25-10-7-18(21)19-16(15-26-3)17(20)6-5-9-24-12-11-22-2;1-3-5-12-7-8-13-6-4-9(11)10-2;;;;/h16H,4-15H2,1-3H3,(H,19,21);3-8H2,1-2H3,(H,10,11);2*1H4;;. The van der Waals surface area contributed by atoms with Gasteiger partial charge in [0.1, 0.15) is 0 Å². The Balaban J connectivity index is -0.000000173. The number of rotatable bonds is 27. The molecule has 0 aliphatic rings. The number of carbonyl (C=O) groups excluding carboxylic acids is 3. The van der Waals surface area contributed by atoms with Gasteiger partial charge in [-0.15, -0.1) is 0 Å². The molecule has 0 saturated carbocycles. The fourth-order valence-electron chi connectivity index (χ4n) is 2.80. The second-order valence-electron chi connectivity index (χ2n) is 8.37. The molecule has 1 atom stereocenters. The first-order chi connectivity index (χ1) is 19.0. The zero-order valence-corrected chi connectivity index (χ0v) is 32.5. The van der Waals surface area contributed by atoms with Crippen LogP contribution >= 0.6 is 11.8 Å². The average molecular weight is 793 g/mol. The predicted octanol–water partition coefficient (Wildman–Crippen LogP) is 3.51. The van der Waals surface area contributed by atoms with E-state index in [-0.39, 0.29) is 104 Å². The molecule has 43 heavy (non-hydrogen) atoms. The molecular weight excluding hydrogens is 730 g/mol. The third-order valence-corrected chi connectivity index (χ3v) is 5.53. The van der Waals surface area contributed by atoms with Crippen LogP contribution in [-0.2, 0) is 108 Å². The number of thioether (sulfide) groups is 1. The number of methoxy groups -OCH3 is 1. The summed E-state index contributed by atoms with van der Waals surface area (Å²) in [5.41, 5.74) is 0. The first-order valence-electron chi connectivity index (χ1n) is 13.9. The number of ether oxygens (including phenoxy) is 6. The molecule has 0 fully saturated rings. The molecule has 2 amide bonds. The third kappa shape index (κ3) is 45.1. The second kappa shape index (κ2) is 47.3. The quantitative estimate of drug-likeness (QED) is 0.119. The van der Waals surface area contributed by atoms with Crippen molar-refractivity contribution in [2.24, 2.45) is 0 Å². The largest absolute Gasteiger partial charge is 0.382 e. The van der Waals surface area contributed by atoms with Crippen LogP contribution in [0.2, 0.25) is 0 Å². The van der Waals surface area contributed by atoms with Crippen molar-refractivity contribution in [1.29, 1.82) is 0 Å². The van der Waals surface area contributed by atoms with E-state index in [9.17, 15) is 14.4 Å². The van der Waals surface area contributed by atoms with Crippen molar-refractivity contribution in [3.8, 4) is 0 Å². The zero-order chi connectivity index (χ0) is 29.4. The molecule has 0 aliphatic carbocycles. The van der Waals surface area contributed by atoms with Crippen molar-refractivity contribution in [3.05, 3.63) is 0 Å². The summed E-state index contributed by atoms with van der Waals surface area (Å²) in [6.45, 7) is 10.2. The van der Waals surface area contributed by atoms with Crippen LogP contribution in [0.15, 0.2) is 0 Å². The number of hydrogen-bond acceptors (Lipinski definition) is 10. The van der Waals surface area contributed by atoms with Gasteiger partial charge in [0.2, 0.25) is 11.8 Å². The first-order valence-corrected chi connectivity index (χ1v) is 15.2. The fourth-order valence-corrected chi connectivity index (χ4v) is 3.41. The van der Waals surface area contributed by atoms with Gasteiger partial charge < -0.3 is 39.1 Å². The summed E-state index contributed by atoms with van der Waals surface area (Å²) in [5.74, 6) is 0.454. The monoisotopic (exact) mass is 792 g/mol. The van der Waals surface area contributed by atoms with Crippen molar-refractivity contribution in [1.82, 2.24) is 10.6 Å². The Kier molecular flexibility index (Phi) is 61.9. The minimum atomic E-state index is -0.454. The summed E-state index contributed by atoms with van der Waals surface area (Å²) in [7, 11) is 3.24. The molecule has 0 spiro atoms. The summed E-state index contributed by atoms with van der Waals surface area (Å²) in [6.07, 6.45) is 5.62. The number of nitrogens with one attached hydrogen (secondary N) is 2. The molecule has 0 rings (SSSR count). The Hall–Kier alpha value is 0.928. The Morgan fingerprint density at radius 3 is 1.53 bits per heavy atom. The van der Waals surface area contributed by atoms with Gasteiger partial charge in [-0.3, -0.25) is 14.4 Å². The van der Waals surface area contributed by atoms with Crippen molar-refractivity contribution in [2.75, 3.05) is 98.8 Å². The van der Waals surface area contributed by atoms with E-state index in [1.807, 2.05) is 13.2 Å². The summed E-state index contributed by atoms with van der Waals surface area (Å²) in [6, 6.07) is -0.454. The SMILES string of the molecule is C.C.CCCOCCOCCC(=O)NC.CCCOCCOCCC(=O)NC(CSC)C(=O)CCCOCCOC.[Y].[Y]. The van der Waals surface area contributed by atoms with Gasteiger partial charge >= 0.3 is 0 Å². The van der Waals surface area contributed by atoms with Gasteiger partial charge in [-0.2, -0.15) is 11.8 Å². The smallest absolute Gasteiger partial charge is 0.222 e. The Bertz CT molecular complexity index is 584. The molecule has 2 N–H and O–H groups in total. The van der Waals surface area contributed by atoms with Crippen LogP contribution in [0.4, 0.5) is 0 Å². The molecule has 14 heteroatoms. The molecular formula is C29H62N2O9SY2. The van der Waals surface area contributed by atoms with Gasteiger partial charge in [0, 0.05) is 124 Å². The first kappa shape index (κ1) is 56.3. The van der Waals surface area contributed by atoms with Crippen molar-refractivity contribution in [3.63, 3.8) is 0 Å². The summed E-state index contributed by atoms with van der Waals surface area (Å²) >= 11 is 1.54. The van der Waals surface area contributed by atoms with Crippen LogP contribution in [0.1, 0.15) is 67.2 Å². The number of amides is 2. The van der Waals surface area contributed by atoms with E-state index in [0.29, 0.717) is 84.5 Å². The maximum atomic E-state index is 12.3. The fraction of sp³-hybridized carbons (Fsp3) is 0.897. The Labute approximate surface area is 317 Å². The van der Waals surface area contributed by atoms with Crippen LogP contribution in [-0.4, -0.2) is 122 Å². The maximum Gasteiger partial charge on any atom is 0.222 e. The van der Waals surface area contributed by atoms with Crippen LogP contribution < -0.4 is 10.6 Å². The van der Waals surface area contributed by atoms with E-state index in [1.165, 1.54) is 11.8 Å². The molecule has 0 saturated heterocycles. The summed E-state index contributed by atoms with van der Waals surface area (Å²) in [4.78, 5) is 35.0. The number of carbonyl (C=O) groups is 3.